The Morgan fingerprint density at radius 1 is 1.03 bits per heavy atom. The predicted molar refractivity (Wildman–Crippen MR) is 110 cm³/mol. The summed E-state index contributed by atoms with van der Waals surface area (Å²) < 4.78 is 60.1. The van der Waals surface area contributed by atoms with E-state index in [2.05, 4.69) is 4.72 Å². The van der Waals surface area contributed by atoms with Crippen molar-refractivity contribution in [3.63, 3.8) is 0 Å². The molecule has 0 heterocycles. The molecule has 0 atom stereocenters. The minimum atomic E-state index is -3.78. The molecule has 0 amide bonds. The Kier molecular flexibility index (Phi) is 6.67. The van der Waals surface area contributed by atoms with E-state index in [4.69, 9.17) is 9.84 Å². The van der Waals surface area contributed by atoms with Crippen molar-refractivity contribution in [2.75, 3.05) is 6.61 Å². The Labute approximate surface area is 178 Å². The average molecular weight is 447 g/mol. The van der Waals surface area contributed by atoms with E-state index < -0.39 is 34.2 Å². The zero-order valence-electron chi connectivity index (χ0n) is 16.4. The molecule has 2 N–H and O–H groups in total. The first-order valence-corrected chi connectivity index (χ1v) is 10.6. The topological polar surface area (TPSA) is 92.7 Å². The number of sulfonamides is 1. The first-order valence-electron chi connectivity index (χ1n) is 9.15. The fraction of sp³-hybridized carbons (Fsp3) is 0.136. The van der Waals surface area contributed by atoms with E-state index >= 15 is 0 Å². The molecule has 0 saturated heterocycles. The number of rotatable bonds is 8. The van der Waals surface area contributed by atoms with E-state index in [1.807, 2.05) is 0 Å². The maximum absolute atomic E-state index is 13.7. The average Bonchev–Trinajstić information content (AvgIpc) is 2.73. The maximum Gasteiger partial charge on any atom is 0.341 e. The second-order valence-corrected chi connectivity index (χ2v) is 8.47. The lowest BCUT2D eigenvalue weighted by Gasteiger charge is -2.14. The summed E-state index contributed by atoms with van der Waals surface area (Å²) in [6.45, 7) is 0.979. The van der Waals surface area contributed by atoms with Gasteiger partial charge in [-0.1, -0.05) is 30.3 Å². The van der Waals surface area contributed by atoms with Crippen molar-refractivity contribution in [2.24, 2.45) is 0 Å². The highest BCUT2D eigenvalue weighted by atomic mass is 32.2. The van der Waals surface area contributed by atoms with Gasteiger partial charge in [0.05, 0.1) is 4.90 Å². The van der Waals surface area contributed by atoms with Crippen molar-refractivity contribution in [3.8, 4) is 16.9 Å². The highest BCUT2D eigenvalue weighted by Gasteiger charge is 2.17. The fourth-order valence-corrected chi connectivity index (χ4v) is 4.22. The molecule has 3 aromatic carbocycles. The normalized spacial score (nSPS) is 11.3. The Bertz CT molecular complexity index is 1230. The van der Waals surface area contributed by atoms with E-state index in [1.165, 1.54) is 24.3 Å². The number of hydrogen-bond acceptors (Lipinski definition) is 4. The van der Waals surface area contributed by atoms with Gasteiger partial charge < -0.3 is 9.84 Å². The van der Waals surface area contributed by atoms with Gasteiger partial charge in [-0.15, -0.1) is 0 Å². The van der Waals surface area contributed by atoms with E-state index in [1.54, 1.807) is 31.2 Å². The van der Waals surface area contributed by atoms with Crippen LogP contribution in [0.1, 0.15) is 11.1 Å². The highest BCUT2D eigenvalue weighted by Crippen LogP contribution is 2.32. The van der Waals surface area contributed by atoms with E-state index in [0.717, 1.165) is 12.1 Å². The number of ether oxygens (including phenoxy) is 1. The number of hydrogen-bond donors (Lipinski definition) is 2. The molecule has 9 heteroatoms. The van der Waals surface area contributed by atoms with Crippen molar-refractivity contribution in [3.05, 3.63) is 83.4 Å². The number of aryl methyl sites for hydroxylation is 1. The van der Waals surface area contributed by atoms with Crippen LogP contribution in [0.4, 0.5) is 8.78 Å². The molecule has 3 rings (SSSR count). The first-order chi connectivity index (χ1) is 14.7. The predicted octanol–water partition coefficient (Wildman–Crippen LogP) is 3.88. The summed E-state index contributed by atoms with van der Waals surface area (Å²) in [5.74, 6) is -3.17. The number of halogens is 2. The molecule has 0 radical (unpaired) electrons. The number of carbonyl (C=O) groups is 1. The van der Waals surface area contributed by atoms with Gasteiger partial charge in [0.1, 0.15) is 5.75 Å². The molecule has 0 spiro atoms. The van der Waals surface area contributed by atoms with Crippen molar-refractivity contribution in [1.82, 2.24) is 4.72 Å². The maximum atomic E-state index is 13.7. The largest absolute Gasteiger partial charge is 0.481 e. The van der Waals surface area contributed by atoms with Crippen LogP contribution in [0.3, 0.4) is 0 Å². The molecule has 0 aliphatic heterocycles. The Balaban J connectivity index is 1.92. The van der Waals surface area contributed by atoms with Crippen LogP contribution in [0.25, 0.3) is 11.1 Å². The van der Waals surface area contributed by atoms with Gasteiger partial charge in [-0.3, -0.25) is 0 Å². The number of benzene rings is 3. The molecule has 0 bridgehead atoms. The molecule has 0 aromatic heterocycles. The van der Waals surface area contributed by atoms with Gasteiger partial charge in [-0.2, -0.15) is 0 Å². The van der Waals surface area contributed by atoms with Gasteiger partial charge in [0, 0.05) is 12.1 Å². The second kappa shape index (κ2) is 9.23. The monoisotopic (exact) mass is 447 g/mol. The van der Waals surface area contributed by atoms with Crippen LogP contribution in [0.5, 0.6) is 5.75 Å². The van der Waals surface area contributed by atoms with Gasteiger partial charge in [-0.25, -0.2) is 26.7 Å². The summed E-state index contributed by atoms with van der Waals surface area (Å²) in [4.78, 5) is 11.0. The lowest BCUT2D eigenvalue weighted by atomic mass is 10.0. The molecular formula is C22H19F2NO5S. The Morgan fingerprint density at radius 3 is 2.45 bits per heavy atom. The van der Waals surface area contributed by atoms with Crippen LogP contribution in [0.2, 0.25) is 0 Å². The SMILES string of the molecule is Cc1ccccc1S(=O)(=O)NCc1ccc(OCC(=O)O)c(-c2ccc(F)c(F)c2)c1. The summed E-state index contributed by atoms with van der Waals surface area (Å²) in [6, 6.07) is 14.3. The van der Waals surface area contributed by atoms with Crippen LogP contribution in [-0.4, -0.2) is 26.1 Å². The van der Waals surface area contributed by atoms with Crippen molar-refractivity contribution in [2.45, 2.75) is 18.4 Å². The third-order valence-corrected chi connectivity index (χ3v) is 6.04. The molecule has 31 heavy (non-hydrogen) atoms. The molecule has 0 unspecified atom stereocenters. The summed E-state index contributed by atoms with van der Waals surface area (Å²) in [5, 5.41) is 8.86. The van der Waals surface area contributed by atoms with Gasteiger partial charge in [0.15, 0.2) is 18.2 Å². The van der Waals surface area contributed by atoms with Gasteiger partial charge >= 0.3 is 5.97 Å². The molecule has 162 valence electrons. The van der Waals surface area contributed by atoms with E-state index in [0.29, 0.717) is 16.7 Å². The van der Waals surface area contributed by atoms with Crippen LogP contribution < -0.4 is 9.46 Å². The standard InChI is InChI=1S/C22H19F2NO5S/c1-14-4-2-3-5-21(14)31(28,29)25-12-15-6-9-20(30-13-22(26)27)17(10-15)16-7-8-18(23)19(24)11-16/h2-11,25H,12-13H2,1H3,(H,26,27). The minimum absolute atomic E-state index is 0.0768. The number of aliphatic carboxylic acids is 1. The Morgan fingerprint density at radius 2 is 1.77 bits per heavy atom. The fourth-order valence-electron chi connectivity index (χ4n) is 2.96. The molecule has 0 aliphatic carbocycles. The van der Waals surface area contributed by atoms with Crippen molar-refractivity contribution >= 4 is 16.0 Å². The van der Waals surface area contributed by atoms with Crippen LogP contribution in [-0.2, 0) is 21.4 Å². The summed E-state index contributed by atoms with van der Waals surface area (Å²) in [6.07, 6.45) is 0. The third-order valence-electron chi connectivity index (χ3n) is 4.48. The molecule has 6 nitrogen and oxygen atoms in total. The second-order valence-electron chi connectivity index (χ2n) is 6.73. The number of carboxylic acids is 1. The van der Waals surface area contributed by atoms with Crippen LogP contribution >= 0.6 is 0 Å². The van der Waals surface area contributed by atoms with Crippen molar-refractivity contribution in [1.29, 1.82) is 0 Å². The Hall–Kier alpha value is -3.30. The molecule has 0 fully saturated rings. The molecule has 3 aromatic rings. The summed E-state index contributed by atoms with van der Waals surface area (Å²) in [7, 11) is -3.78. The van der Waals surface area contributed by atoms with Gasteiger partial charge in [0.25, 0.3) is 0 Å². The lowest BCUT2D eigenvalue weighted by Crippen LogP contribution is -2.24. The summed E-state index contributed by atoms with van der Waals surface area (Å²) >= 11 is 0. The lowest BCUT2D eigenvalue weighted by molar-refractivity contribution is -0.139. The van der Waals surface area contributed by atoms with Crippen LogP contribution in [0, 0.1) is 18.6 Å². The van der Waals surface area contributed by atoms with Crippen molar-refractivity contribution < 1.29 is 31.8 Å². The zero-order chi connectivity index (χ0) is 22.6. The van der Waals surface area contributed by atoms with Crippen LogP contribution in [0.15, 0.2) is 65.6 Å². The third kappa shape index (κ3) is 5.44. The number of carboxylic acid groups (broad SMARTS) is 1. The smallest absolute Gasteiger partial charge is 0.341 e. The van der Waals surface area contributed by atoms with Gasteiger partial charge in [-0.05, 0) is 53.9 Å². The molecular weight excluding hydrogens is 428 g/mol. The summed E-state index contributed by atoms with van der Waals surface area (Å²) in [5.41, 5.74) is 1.66. The van der Waals surface area contributed by atoms with E-state index in [9.17, 15) is 22.0 Å². The molecule has 0 saturated carbocycles. The molecule has 0 aliphatic rings. The first kappa shape index (κ1) is 22.4. The number of nitrogens with one attached hydrogen (secondary N) is 1. The van der Waals surface area contributed by atoms with Gasteiger partial charge in [0.2, 0.25) is 10.0 Å². The quantitative estimate of drug-likeness (QED) is 0.547. The minimum Gasteiger partial charge on any atom is -0.481 e. The van der Waals surface area contributed by atoms with E-state index in [-0.39, 0.29) is 22.8 Å². The highest BCUT2D eigenvalue weighted by molar-refractivity contribution is 7.89. The zero-order valence-corrected chi connectivity index (χ0v) is 17.2.